The van der Waals surface area contributed by atoms with E-state index in [4.69, 9.17) is 16.3 Å². The second-order valence-corrected chi connectivity index (χ2v) is 5.87. The molecule has 0 aliphatic heterocycles. The molecule has 0 N–H and O–H groups in total. The van der Waals surface area contributed by atoms with Gasteiger partial charge in [-0.15, -0.1) is 0 Å². The molecule has 4 nitrogen and oxygen atoms in total. The largest absolute Gasteiger partial charge is 0.456 e. The highest BCUT2D eigenvalue weighted by atomic mass is 35.5. The third-order valence-corrected chi connectivity index (χ3v) is 4.03. The summed E-state index contributed by atoms with van der Waals surface area (Å²) < 4.78 is 59.9. The van der Waals surface area contributed by atoms with Gasteiger partial charge in [-0.05, 0) is 24.3 Å². The molecule has 0 radical (unpaired) electrons. The van der Waals surface area contributed by atoms with Crippen LogP contribution in [0.2, 0.25) is 5.02 Å². The van der Waals surface area contributed by atoms with E-state index in [1.165, 1.54) is 0 Å². The fraction of sp³-hybridized carbons (Fsp3) is 0.111. The number of nitriles is 1. The summed E-state index contributed by atoms with van der Waals surface area (Å²) in [7, 11) is 1.06. The average molecular weight is 396 g/mol. The van der Waals surface area contributed by atoms with Crippen LogP contribution in [0.25, 0.3) is 11.3 Å². The summed E-state index contributed by atoms with van der Waals surface area (Å²) in [6.45, 7) is 0. The van der Waals surface area contributed by atoms with Crippen LogP contribution in [-0.4, -0.2) is 9.78 Å². The zero-order chi connectivity index (χ0) is 19.8. The number of aromatic nitrogens is 2. The lowest BCUT2D eigenvalue weighted by Gasteiger charge is -2.10. The molecule has 3 aromatic rings. The minimum atomic E-state index is -4.76. The molecule has 0 aliphatic rings. The molecule has 0 bridgehead atoms. The first kappa shape index (κ1) is 18.7. The fourth-order valence-electron chi connectivity index (χ4n) is 2.50. The average Bonchev–Trinajstić information content (AvgIpc) is 2.91. The maximum absolute atomic E-state index is 14.5. The molecule has 27 heavy (non-hydrogen) atoms. The number of hydrogen-bond acceptors (Lipinski definition) is 3. The summed E-state index contributed by atoms with van der Waals surface area (Å²) in [6.07, 6.45) is -4.76. The SMILES string of the molecule is Cn1nc(-c2cc(Oc3ccccc3)c(C#N)cc2F)c(Cl)c1C(F)(F)F. The molecule has 3 rings (SSSR count). The van der Waals surface area contributed by atoms with E-state index in [1.807, 2.05) is 0 Å². The molecule has 138 valence electrons. The van der Waals surface area contributed by atoms with Gasteiger partial charge in [-0.1, -0.05) is 29.8 Å². The molecule has 1 aromatic heterocycles. The lowest BCUT2D eigenvalue weighted by molar-refractivity contribution is -0.143. The number of hydrogen-bond donors (Lipinski definition) is 0. The molecule has 0 saturated carbocycles. The predicted octanol–water partition coefficient (Wildman–Crippen LogP) is 5.56. The van der Waals surface area contributed by atoms with Crippen molar-refractivity contribution in [1.29, 1.82) is 5.26 Å². The molecule has 0 atom stereocenters. The molecule has 0 spiro atoms. The Hall–Kier alpha value is -3.05. The highest BCUT2D eigenvalue weighted by molar-refractivity contribution is 6.33. The quantitative estimate of drug-likeness (QED) is 0.545. The van der Waals surface area contributed by atoms with Gasteiger partial charge in [0.2, 0.25) is 0 Å². The van der Waals surface area contributed by atoms with Crippen molar-refractivity contribution in [3.63, 3.8) is 0 Å². The van der Waals surface area contributed by atoms with E-state index < -0.39 is 28.4 Å². The molecule has 0 saturated heterocycles. The molecule has 0 fully saturated rings. The van der Waals surface area contributed by atoms with Gasteiger partial charge in [0.15, 0.2) is 5.69 Å². The minimum absolute atomic E-state index is 0.0321. The molecule has 9 heteroatoms. The third kappa shape index (κ3) is 3.59. The van der Waals surface area contributed by atoms with Crippen LogP contribution in [0.15, 0.2) is 42.5 Å². The Morgan fingerprint density at radius 3 is 2.41 bits per heavy atom. The second-order valence-electron chi connectivity index (χ2n) is 5.49. The van der Waals surface area contributed by atoms with Crippen molar-refractivity contribution in [2.75, 3.05) is 0 Å². The number of halogens is 5. The van der Waals surface area contributed by atoms with Gasteiger partial charge in [0, 0.05) is 12.6 Å². The number of benzene rings is 2. The Labute approximate surface area is 156 Å². The smallest absolute Gasteiger partial charge is 0.434 e. The van der Waals surface area contributed by atoms with Crippen LogP contribution in [0.3, 0.4) is 0 Å². The number of para-hydroxylation sites is 1. The van der Waals surface area contributed by atoms with Gasteiger partial charge >= 0.3 is 6.18 Å². The van der Waals surface area contributed by atoms with Crippen LogP contribution in [-0.2, 0) is 13.2 Å². The zero-order valence-electron chi connectivity index (χ0n) is 13.7. The van der Waals surface area contributed by atoms with Gasteiger partial charge in [0.25, 0.3) is 0 Å². The number of rotatable bonds is 3. The van der Waals surface area contributed by atoms with Crippen LogP contribution < -0.4 is 4.74 Å². The Morgan fingerprint density at radius 2 is 1.85 bits per heavy atom. The highest BCUT2D eigenvalue weighted by Crippen LogP contribution is 2.41. The van der Waals surface area contributed by atoms with E-state index in [1.54, 1.807) is 36.4 Å². The first-order valence-electron chi connectivity index (χ1n) is 7.49. The van der Waals surface area contributed by atoms with E-state index in [2.05, 4.69) is 5.10 Å². The van der Waals surface area contributed by atoms with Crippen LogP contribution in [0.4, 0.5) is 17.6 Å². The monoisotopic (exact) mass is 395 g/mol. The zero-order valence-corrected chi connectivity index (χ0v) is 14.4. The third-order valence-electron chi connectivity index (χ3n) is 3.67. The van der Waals surface area contributed by atoms with Crippen LogP contribution in [0.1, 0.15) is 11.3 Å². The number of nitrogens with zero attached hydrogens (tertiary/aromatic N) is 3. The van der Waals surface area contributed by atoms with Gasteiger partial charge in [-0.25, -0.2) is 4.39 Å². The minimum Gasteiger partial charge on any atom is -0.456 e. The Morgan fingerprint density at radius 1 is 1.19 bits per heavy atom. The Kier molecular flexibility index (Phi) is 4.81. The highest BCUT2D eigenvalue weighted by Gasteiger charge is 2.39. The summed E-state index contributed by atoms with van der Waals surface area (Å²) in [4.78, 5) is 0. The van der Waals surface area contributed by atoms with Gasteiger partial charge in [0.05, 0.1) is 10.6 Å². The van der Waals surface area contributed by atoms with Crippen molar-refractivity contribution in [3.05, 3.63) is 64.6 Å². The molecule has 0 amide bonds. The van der Waals surface area contributed by atoms with Crippen LogP contribution in [0.5, 0.6) is 11.5 Å². The van der Waals surface area contributed by atoms with E-state index in [-0.39, 0.29) is 16.9 Å². The number of ether oxygens (including phenoxy) is 1. The maximum Gasteiger partial charge on any atom is 0.434 e. The summed E-state index contributed by atoms with van der Waals surface area (Å²) in [5, 5.41) is 12.2. The molecular formula is C18H10ClF4N3O. The summed E-state index contributed by atoms with van der Waals surface area (Å²) >= 11 is 5.83. The summed E-state index contributed by atoms with van der Waals surface area (Å²) in [6, 6.07) is 12.1. The summed E-state index contributed by atoms with van der Waals surface area (Å²) in [5.41, 5.74) is -2.03. The van der Waals surface area contributed by atoms with Crippen molar-refractivity contribution in [3.8, 4) is 28.8 Å². The maximum atomic E-state index is 14.5. The first-order chi connectivity index (χ1) is 12.7. The van der Waals surface area contributed by atoms with Crippen molar-refractivity contribution in [2.24, 2.45) is 7.05 Å². The standard InChI is InChI=1S/C18H10ClF4N3O/c1-26-17(18(21,22)23)15(19)16(25-26)12-8-14(10(9-24)7-13(12)20)27-11-5-3-2-4-6-11/h2-8H,1H3. The van der Waals surface area contributed by atoms with Gasteiger partial charge < -0.3 is 4.74 Å². The molecule has 0 aliphatic carbocycles. The molecular weight excluding hydrogens is 386 g/mol. The lowest BCUT2D eigenvalue weighted by Crippen LogP contribution is -2.12. The van der Waals surface area contributed by atoms with Crippen LogP contribution in [0, 0.1) is 17.1 Å². The Balaban J connectivity index is 2.15. The van der Waals surface area contributed by atoms with Crippen molar-refractivity contribution >= 4 is 11.6 Å². The molecule has 0 unspecified atom stereocenters. The normalized spacial score (nSPS) is 11.3. The predicted molar refractivity (Wildman–Crippen MR) is 89.8 cm³/mol. The van der Waals surface area contributed by atoms with Crippen LogP contribution >= 0.6 is 11.6 Å². The topological polar surface area (TPSA) is 50.8 Å². The van der Waals surface area contributed by atoms with E-state index in [0.29, 0.717) is 10.4 Å². The lowest BCUT2D eigenvalue weighted by atomic mass is 10.1. The van der Waals surface area contributed by atoms with E-state index >= 15 is 0 Å². The van der Waals surface area contributed by atoms with Crippen molar-refractivity contribution < 1.29 is 22.3 Å². The molecule has 1 heterocycles. The van der Waals surface area contributed by atoms with E-state index in [9.17, 15) is 22.8 Å². The Bertz CT molecular complexity index is 1040. The number of aryl methyl sites for hydroxylation is 1. The first-order valence-corrected chi connectivity index (χ1v) is 7.86. The van der Waals surface area contributed by atoms with Gasteiger partial charge in [-0.2, -0.15) is 23.5 Å². The van der Waals surface area contributed by atoms with Gasteiger partial charge in [0.1, 0.15) is 29.1 Å². The van der Waals surface area contributed by atoms with Crippen molar-refractivity contribution in [1.82, 2.24) is 9.78 Å². The van der Waals surface area contributed by atoms with Gasteiger partial charge in [-0.3, -0.25) is 4.68 Å². The van der Waals surface area contributed by atoms with Crippen molar-refractivity contribution in [2.45, 2.75) is 6.18 Å². The fourth-order valence-corrected chi connectivity index (χ4v) is 2.87. The second kappa shape index (κ2) is 6.93. The summed E-state index contributed by atoms with van der Waals surface area (Å²) in [5.74, 6) is -0.606. The number of alkyl halides is 3. The van der Waals surface area contributed by atoms with E-state index in [0.717, 1.165) is 19.2 Å². The molecule has 2 aromatic carbocycles.